The first-order chi connectivity index (χ1) is 15.4. The van der Waals surface area contributed by atoms with Gasteiger partial charge in [0.2, 0.25) is 0 Å². The van der Waals surface area contributed by atoms with Crippen LogP contribution in [0.1, 0.15) is 51.0 Å². The predicted octanol–water partition coefficient (Wildman–Crippen LogP) is 5.34. The normalized spacial score (nSPS) is 22.1. The van der Waals surface area contributed by atoms with Crippen molar-refractivity contribution in [3.8, 4) is 0 Å². The Balaban J connectivity index is 1.92. The number of rotatable bonds is 8. The third kappa shape index (κ3) is 5.75. The summed E-state index contributed by atoms with van der Waals surface area (Å²) >= 11 is 1.59. The molecule has 1 aromatic carbocycles. The van der Waals surface area contributed by atoms with Gasteiger partial charge in [0, 0.05) is 19.5 Å². The summed E-state index contributed by atoms with van der Waals surface area (Å²) in [6.45, 7) is 6.12. The molecule has 1 aliphatic rings. The Labute approximate surface area is 196 Å². The summed E-state index contributed by atoms with van der Waals surface area (Å²) in [5.41, 5.74) is -0.297. The van der Waals surface area contributed by atoms with Crippen LogP contribution in [0.15, 0.2) is 40.3 Å². The molecule has 2 aromatic rings. The lowest BCUT2D eigenvalue weighted by Gasteiger charge is -2.37. The van der Waals surface area contributed by atoms with E-state index in [0.717, 1.165) is 22.9 Å². The van der Waals surface area contributed by atoms with Gasteiger partial charge in [-0.05, 0) is 49.9 Å². The minimum Gasteiger partial charge on any atom is -0.372 e. The second kappa shape index (κ2) is 9.97. The van der Waals surface area contributed by atoms with E-state index in [1.165, 1.54) is 13.2 Å². The highest BCUT2D eigenvalue weighted by atomic mass is 32.2. The van der Waals surface area contributed by atoms with Crippen LogP contribution in [-0.4, -0.2) is 42.4 Å². The van der Waals surface area contributed by atoms with Crippen LogP contribution in [0, 0.1) is 5.92 Å². The van der Waals surface area contributed by atoms with Crippen LogP contribution in [0.5, 0.6) is 0 Å². The van der Waals surface area contributed by atoms with Gasteiger partial charge in [-0.25, -0.2) is 13.1 Å². The van der Waals surface area contributed by atoms with E-state index in [9.17, 15) is 21.6 Å². The number of hydrogen-bond donors (Lipinski definition) is 0. The van der Waals surface area contributed by atoms with Crippen LogP contribution in [0.25, 0.3) is 0 Å². The van der Waals surface area contributed by atoms with Crippen molar-refractivity contribution in [1.82, 2.24) is 9.78 Å². The van der Waals surface area contributed by atoms with Crippen molar-refractivity contribution in [2.75, 3.05) is 19.5 Å². The average molecular weight is 507 g/mol. The molecule has 6 nitrogen and oxygen atoms in total. The van der Waals surface area contributed by atoms with Gasteiger partial charge in [-0.1, -0.05) is 19.9 Å². The van der Waals surface area contributed by atoms with Gasteiger partial charge >= 0.3 is 6.18 Å². The number of sulfone groups is 1. The molecular weight excluding hydrogens is 477 g/mol. The minimum absolute atomic E-state index is 0.0925. The monoisotopic (exact) mass is 506 g/mol. The molecule has 0 N–H and O–H groups in total. The maximum absolute atomic E-state index is 13.5. The molecule has 0 radical (unpaired) electrons. The van der Waals surface area contributed by atoms with Crippen molar-refractivity contribution in [1.29, 1.82) is 0 Å². The third-order valence-corrected chi connectivity index (χ3v) is 9.49. The SMILES string of the molecule is COCn1nc(SCC(C)C)cc1C1CC(C)(S(=O)(=O)c2cccc(C(F)(F)F)c2)CCO1. The van der Waals surface area contributed by atoms with E-state index in [1.54, 1.807) is 23.4 Å². The zero-order chi connectivity index (χ0) is 24.4. The second-order valence-electron chi connectivity index (χ2n) is 8.82. The van der Waals surface area contributed by atoms with Crippen molar-refractivity contribution in [3.63, 3.8) is 0 Å². The topological polar surface area (TPSA) is 70.4 Å². The summed E-state index contributed by atoms with van der Waals surface area (Å²) in [6.07, 6.45) is -4.94. The van der Waals surface area contributed by atoms with Gasteiger partial charge in [0.15, 0.2) is 9.84 Å². The third-order valence-electron chi connectivity index (χ3n) is 5.62. The van der Waals surface area contributed by atoms with Crippen LogP contribution in [0.2, 0.25) is 0 Å². The molecule has 184 valence electrons. The van der Waals surface area contributed by atoms with Crippen LogP contribution in [0.3, 0.4) is 0 Å². The number of thioether (sulfide) groups is 1. The van der Waals surface area contributed by atoms with Crippen molar-refractivity contribution < 1.29 is 31.1 Å². The zero-order valence-corrected chi connectivity index (χ0v) is 20.7. The fourth-order valence-electron chi connectivity index (χ4n) is 3.74. The van der Waals surface area contributed by atoms with E-state index in [0.29, 0.717) is 17.7 Å². The Morgan fingerprint density at radius 2 is 2.06 bits per heavy atom. The summed E-state index contributed by atoms with van der Waals surface area (Å²) in [5.74, 6) is 1.34. The molecule has 1 aliphatic heterocycles. The number of halogens is 3. The van der Waals surface area contributed by atoms with Crippen LogP contribution >= 0.6 is 11.8 Å². The number of hydrogen-bond acceptors (Lipinski definition) is 6. The van der Waals surface area contributed by atoms with Gasteiger partial charge in [-0.3, -0.25) is 0 Å². The lowest BCUT2D eigenvalue weighted by atomic mass is 9.95. The summed E-state index contributed by atoms with van der Waals surface area (Å²) in [7, 11) is -2.53. The lowest BCUT2D eigenvalue weighted by molar-refractivity contribution is -0.137. The molecular formula is C22H29F3N2O4S2. The molecule has 0 spiro atoms. The first kappa shape index (κ1) is 26.1. The largest absolute Gasteiger partial charge is 0.416 e. The number of benzene rings is 1. The Bertz CT molecular complexity index is 1070. The number of ether oxygens (including phenoxy) is 2. The molecule has 0 amide bonds. The molecule has 0 aliphatic carbocycles. The van der Waals surface area contributed by atoms with Gasteiger partial charge in [-0.2, -0.15) is 18.3 Å². The molecule has 1 aromatic heterocycles. The molecule has 33 heavy (non-hydrogen) atoms. The highest BCUT2D eigenvalue weighted by molar-refractivity contribution is 7.99. The second-order valence-corrected chi connectivity index (χ2v) is 12.3. The van der Waals surface area contributed by atoms with E-state index in [4.69, 9.17) is 9.47 Å². The van der Waals surface area contributed by atoms with Crippen molar-refractivity contribution in [3.05, 3.63) is 41.6 Å². The van der Waals surface area contributed by atoms with E-state index >= 15 is 0 Å². The van der Waals surface area contributed by atoms with Crippen LogP contribution < -0.4 is 0 Å². The van der Waals surface area contributed by atoms with Gasteiger partial charge in [0.1, 0.15) is 17.9 Å². The molecule has 1 fully saturated rings. The fraction of sp³-hybridized carbons (Fsp3) is 0.591. The predicted molar refractivity (Wildman–Crippen MR) is 120 cm³/mol. The van der Waals surface area contributed by atoms with Crippen molar-refractivity contribution in [2.45, 2.75) is 67.3 Å². The molecule has 2 atom stereocenters. The zero-order valence-electron chi connectivity index (χ0n) is 19.1. The van der Waals surface area contributed by atoms with Crippen LogP contribution in [0.4, 0.5) is 13.2 Å². The number of aromatic nitrogens is 2. The lowest BCUT2D eigenvalue weighted by Crippen LogP contribution is -2.42. The molecule has 2 heterocycles. The Morgan fingerprint density at radius 1 is 1.33 bits per heavy atom. The van der Waals surface area contributed by atoms with Crippen LogP contribution in [-0.2, 0) is 32.2 Å². The van der Waals surface area contributed by atoms with Crippen molar-refractivity contribution in [2.24, 2.45) is 5.92 Å². The van der Waals surface area contributed by atoms with E-state index in [-0.39, 0.29) is 31.1 Å². The summed E-state index contributed by atoms with van der Waals surface area (Å²) in [5, 5.41) is 5.34. The maximum atomic E-state index is 13.5. The maximum Gasteiger partial charge on any atom is 0.416 e. The van der Waals surface area contributed by atoms with E-state index in [1.807, 2.05) is 6.07 Å². The molecule has 1 saturated heterocycles. The molecule has 2 unspecified atom stereocenters. The molecule has 11 heteroatoms. The van der Waals surface area contributed by atoms with Gasteiger partial charge in [-0.15, -0.1) is 11.8 Å². The first-order valence-electron chi connectivity index (χ1n) is 10.6. The highest BCUT2D eigenvalue weighted by Gasteiger charge is 2.46. The summed E-state index contributed by atoms with van der Waals surface area (Å²) < 4.78 is 78.0. The van der Waals surface area contributed by atoms with Gasteiger partial charge < -0.3 is 9.47 Å². The standard InChI is InChI=1S/C22H29F3N2O4S2/c1-15(2)13-32-20-11-18(27(26-20)14-30-4)19-12-21(3,8-9-31-19)33(28,29)17-7-5-6-16(10-17)22(23,24)25/h5-7,10-11,15,19H,8-9,12-14H2,1-4H3. The number of alkyl halides is 3. The smallest absolute Gasteiger partial charge is 0.372 e. The Morgan fingerprint density at radius 3 is 2.70 bits per heavy atom. The summed E-state index contributed by atoms with van der Waals surface area (Å²) in [4.78, 5) is -0.334. The minimum atomic E-state index is -4.62. The molecule has 3 rings (SSSR count). The highest BCUT2D eigenvalue weighted by Crippen LogP contribution is 2.43. The Kier molecular flexibility index (Phi) is 7.87. The average Bonchev–Trinajstić information content (AvgIpc) is 3.15. The molecule has 0 saturated carbocycles. The number of methoxy groups -OCH3 is 1. The van der Waals surface area contributed by atoms with E-state index < -0.39 is 32.4 Å². The quantitative estimate of drug-likeness (QED) is 0.450. The fourth-order valence-corrected chi connectivity index (χ4v) is 6.44. The Hall–Kier alpha value is -1.56. The van der Waals surface area contributed by atoms with Gasteiger partial charge in [0.05, 0.1) is 20.9 Å². The van der Waals surface area contributed by atoms with Crippen molar-refractivity contribution >= 4 is 21.6 Å². The first-order valence-corrected chi connectivity index (χ1v) is 13.1. The summed E-state index contributed by atoms with van der Waals surface area (Å²) in [6, 6.07) is 5.80. The number of nitrogens with zero attached hydrogens (tertiary/aromatic N) is 2. The molecule has 0 bridgehead atoms. The van der Waals surface area contributed by atoms with E-state index in [2.05, 4.69) is 18.9 Å². The van der Waals surface area contributed by atoms with Gasteiger partial charge in [0.25, 0.3) is 0 Å².